The maximum absolute atomic E-state index is 12.9. The van der Waals surface area contributed by atoms with Gasteiger partial charge in [-0.1, -0.05) is 34.6 Å². The summed E-state index contributed by atoms with van der Waals surface area (Å²) in [5.74, 6) is 1.25. The zero-order valence-corrected chi connectivity index (χ0v) is 14.0. The normalized spacial score (nSPS) is 28.1. The topological polar surface area (TPSA) is 32.3 Å². The van der Waals surface area contributed by atoms with E-state index in [1.165, 1.54) is 12.8 Å². The van der Waals surface area contributed by atoms with Crippen LogP contribution >= 0.6 is 0 Å². The first-order valence-corrected chi connectivity index (χ1v) is 8.32. The van der Waals surface area contributed by atoms with Gasteiger partial charge in [0.25, 0.3) is 0 Å². The number of hydrogen-bond acceptors (Lipinski definition) is 2. The SMILES string of the molecule is CCCN(CC1CCCNC1)C(=O)C1C(C)(C)C1(C)C. The molecule has 0 aromatic rings. The summed E-state index contributed by atoms with van der Waals surface area (Å²) in [4.78, 5) is 15.1. The highest BCUT2D eigenvalue weighted by atomic mass is 16.2. The molecule has 1 aliphatic heterocycles. The summed E-state index contributed by atoms with van der Waals surface area (Å²) < 4.78 is 0. The van der Waals surface area contributed by atoms with Crippen LogP contribution in [0.15, 0.2) is 0 Å². The summed E-state index contributed by atoms with van der Waals surface area (Å²) in [5, 5.41) is 3.46. The molecule has 1 saturated carbocycles. The molecule has 1 N–H and O–H groups in total. The average molecular weight is 280 g/mol. The Morgan fingerprint density at radius 3 is 2.35 bits per heavy atom. The fraction of sp³-hybridized carbons (Fsp3) is 0.941. The van der Waals surface area contributed by atoms with E-state index in [4.69, 9.17) is 0 Å². The second-order valence-corrected chi connectivity index (χ2v) is 7.87. The molecule has 0 radical (unpaired) electrons. The second kappa shape index (κ2) is 5.67. The van der Waals surface area contributed by atoms with Crippen molar-refractivity contribution in [1.29, 1.82) is 0 Å². The number of hydrogen-bond donors (Lipinski definition) is 1. The molecule has 1 heterocycles. The third-order valence-electron chi connectivity index (χ3n) is 5.95. The Morgan fingerprint density at radius 2 is 1.90 bits per heavy atom. The number of piperidine rings is 1. The van der Waals surface area contributed by atoms with Crippen molar-refractivity contribution in [2.45, 2.75) is 53.9 Å². The molecule has 0 aromatic heterocycles. The number of carbonyl (C=O) groups excluding carboxylic acids is 1. The van der Waals surface area contributed by atoms with Gasteiger partial charge in [-0.15, -0.1) is 0 Å². The minimum Gasteiger partial charge on any atom is -0.342 e. The first-order valence-electron chi connectivity index (χ1n) is 8.32. The van der Waals surface area contributed by atoms with Gasteiger partial charge in [0.2, 0.25) is 5.91 Å². The number of nitrogens with one attached hydrogen (secondary N) is 1. The van der Waals surface area contributed by atoms with Crippen molar-refractivity contribution in [3.8, 4) is 0 Å². The van der Waals surface area contributed by atoms with Crippen LogP contribution in [0.25, 0.3) is 0 Å². The Hall–Kier alpha value is -0.570. The quantitative estimate of drug-likeness (QED) is 0.840. The fourth-order valence-corrected chi connectivity index (χ4v) is 3.95. The summed E-state index contributed by atoms with van der Waals surface area (Å²) in [6.45, 7) is 15.2. The van der Waals surface area contributed by atoms with Crippen molar-refractivity contribution < 1.29 is 4.79 Å². The maximum Gasteiger partial charge on any atom is 0.226 e. The van der Waals surface area contributed by atoms with E-state index in [0.717, 1.165) is 32.6 Å². The highest BCUT2D eigenvalue weighted by molar-refractivity contribution is 5.84. The van der Waals surface area contributed by atoms with Crippen LogP contribution in [0.4, 0.5) is 0 Å². The van der Waals surface area contributed by atoms with Crippen molar-refractivity contribution >= 4 is 5.91 Å². The molecule has 1 amide bonds. The van der Waals surface area contributed by atoms with Crippen LogP contribution in [-0.2, 0) is 4.79 Å². The smallest absolute Gasteiger partial charge is 0.226 e. The number of rotatable bonds is 5. The Kier molecular flexibility index (Phi) is 4.48. The molecule has 1 unspecified atom stereocenters. The highest BCUT2D eigenvalue weighted by Gasteiger charge is 2.68. The van der Waals surface area contributed by atoms with E-state index in [1.807, 2.05) is 0 Å². The van der Waals surface area contributed by atoms with Gasteiger partial charge in [-0.25, -0.2) is 0 Å². The van der Waals surface area contributed by atoms with Crippen molar-refractivity contribution in [2.75, 3.05) is 26.2 Å². The Bertz CT molecular complexity index is 342. The van der Waals surface area contributed by atoms with Crippen LogP contribution in [0.2, 0.25) is 0 Å². The van der Waals surface area contributed by atoms with Gasteiger partial charge in [0.15, 0.2) is 0 Å². The summed E-state index contributed by atoms with van der Waals surface area (Å²) >= 11 is 0. The summed E-state index contributed by atoms with van der Waals surface area (Å²) in [7, 11) is 0. The highest BCUT2D eigenvalue weighted by Crippen LogP contribution is 2.68. The molecule has 3 nitrogen and oxygen atoms in total. The lowest BCUT2D eigenvalue weighted by Gasteiger charge is -2.30. The van der Waals surface area contributed by atoms with Gasteiger partial charge in [0.05, 0.1) is 0 Å². The minimum atomic E-state index is 0.154. The Morgan fingerprint density at radius 1 is 1.25 bits per heavy atom. The first kappa shape index (κ1) is 15.8. The van der Waals surface area contributed by atoms with Crippen LogP contribution < -0.4 is 5.32 Å². The number of nitrogens with zero attached hydrogens (tertiary/aromatic N) is 1. The van der Waals surface area contributed by atoms with Gasteiger partial charge in [-0.05, 0) is 49.1 Å². The van der Waals surface area contributed by atoms with Gasteiger partial charge in [-0.3, -0.25) is 4.79 Å². The molecule has 1 aliphatic carbocycles. The van der Waals surface area contributed by atoms with E-state index in [1.54, 1.807) is 0 Å². The molecule has 0 spiro atoms. The Balaban J connectivity index is 1.99. The number of carbonyl (C=O) groups is 1. The molecule has 0 aromatic carbocycles. The van der Waals surface area contributed by atoms with Crippen LogP contribution in [0.5, 0.6) is 0 Å². The molecule has 2 fully saturated rings. The molecule has 2 aliphatic rings. The summed E-state index contributed by atoms with van der Waals surface area (Å²) in [6.07, 6.45) is 3.57. The van der Waals surface area contributed by atoms with Crippen LogP contribution in [0.1, 0.15) is 53.9 Å². The second-order valence-electron chi connectivity index (χ2n) is 7.87. The van der Waals surface area contributed by atoms with Crippen molar-refractivity contribution in [3.05, 3.63) is 0 Å². The van der Waals surface area contributed by atoms with E-state index in [9.17, 15) is 4.79 Å². The first-order chi connectivity index (χ1) is 9.32. The molecule has 116 valence electrons. The predicted molar refractivity (Wildman–Crippen MR) is 83.5 cm³/mol. The Labute approximate surface area is 124 Å². The van der Waals surface area contributed by atoms with Gasteiger partial charge in [0, 0.05) is 19.0 Å². The van der Waals surface area contributed by atoms with Crippen LogP contribution in [-0.4, -0.2) is 37.0 Å². The van der Waals surface area contributed by atoms with Crippen molar-refractivity contribution in [3.63, 3.8) is 0 Å². The molecule has 20 heavy (non-hydrogen) atoms. The molecule has 0 bridgehead atoms. The van der Waals surface area contributed by atoms with E-state index in [0.29, 0.717) is 11.8 Å². The third-order valence-corrected chi connectivity index (χ3v) is 5.95. The lowest BCUT2D eigenvalue weighted by molar-refractivity contribution is -0.134. The van der Waals surface area contributed by atoms with E-state index < -0.39 is 0 Å². The van der Waals surface area contributed by atoms with Crippen LogP contribution in [0, 0.1) is 22.7 Å². The lowest BCUT2D eigenvalue weighted by atomic mass is 9.98. The molecular weight excluding hydrogens is 248 g/mol. The zero-order valence-electron chi connectivity index (χ0n) is 14.0. The third kappa shape index (κ3) is 2.74. The molecule has 3 heteroatoms. The molecule has 1 atom stereocenters. The van der Waals surface area contributed by atoms with Crippen LogP contribution in [0.3, 0.4) is 0 Å². The average Bonchev–Trinajstić information content (AvgIpc) is 2.80. The van der Waals surface area contributed by atoms with Crippen molar-refractivity contribution in [1.82, 2.24) is 10.2 Å². The largest absolute Gasteiger partial charge is 0.342 e. The van der Waals surface area contributed by atoms with Gasteiger partial charge in [-0.2, -0.15) is 0 Å². The van der Waals surface area contributed by atoms with Gasteiger partial charge < -0.3 is 10.2 Å². The molecular formula is C17H32N2O. The maximum atomic E-state index is 12.9. The summed E-state index contributed by atoms with van der Waals surface area (Å²) in [6, 6.07) is 0. The van der Waals surface area contributed by atoms with E-state index in [-0.39, 0.29) is 16.7 Å². The molecule has 2 rings (SSSR count). The fourth-order valence-electron chi connectivity index (χ4n) is 3.95. The number of amides is 1. The summed E-state index contributed by atoms with van der Waals surface area (Å²) in [5.41, 5.74) is 0.307. The lowest BCUT2D eigenvalue weighted by Crippen LogP contribution is -2.42. The van der Waals surface area contributed by atoms with Gasteiger partial charge >= 0.3 is 0 Å². The van der Waals surface area contributed by atoms with Crippen molar-refractivity contribution in [2.24, 2.45) is 22.7 Å². The van der Waals surface area contributed by atoms with Gasteiger partial charge in [0.1, 0.15) is 0 Å². The standard InChI is InChI=1S/C17H32N2O/c1-6-10-19(12-13-8-7-9-18-11-13)15(20)14-16(2,3)17(14,4)5/h13-14,18H,6-12H2,1-5H3. The minimum absolute atomic E-state index is 0.154. The monoisotopic (exact) mass is 280 g/mol. The molecule has 1 saturated heterocycles. The van der Waals surface area contributed by atoms with E-state index in [2.05, 4.69) is 44.8 Å². The predicted octanol–water partition coefficient (Wildman–Crippen LogP) is 2.91. The van der Waals surface area contributed by atoms with E-state index >= 15 is 0 Å². The zero-order chi connectivity index (χ0) is 15.0.